The van der Waals surface area contributed by atoms with Gasteiger partial charge in [-0.1, -0.05) is 12.1 Å². The number of nitrogens with one attached hydrogen (secondary N) is 1. The van der Waals surface area contributed by atoms with E-state index in [1.807, 2.05) is 47.7 Å². The van der Waals surface area contributed by atoms with Gasteiger partial charge < -0.3 is 15.0 Å². The molecule has 1 aromatic carbocycles. The average molecular weight is 344 g/mol. The third kappa shape index (κ3) is 4.36. The second kappa shape index (κ2) is 8.31. The maximum atomic E-state index is 12.8. The minimum absolute atomic E-state index is 0.109. The predicted octanol–water partition coefficient (Wildman–Crippen LogP) is 3.40. The standard InChI is InChI=1S/C19H24N2O2S/c1-20-12-15-5-3-9-21(13-15)19(22)16-6-2-7-17(11-16)23-14-18-8-4-10-24-18/h2,4,6-8,10-11,15,20H,3,5,9,12-14H2,1H3. The maximum Gasteiger partial charge on any atom is 0.253 e. The van der Waals surface area contributed by atoms with Crippen LogP contribution < -0.4 is 10.1 Å². The SMILES string of the molecule is CNCC1CCCN(C(=O)c2cccc(OCc3cccs3)c2)C1. The summed E-state index contributed by atoms with van der Waals surface area (Å²) in [5.41, 5.74) is 0.712. The van der Waals surface area contributed by atoms with Crippen molar-refractivity contribution in [3.63, 3.8) is 0 Å². The quantitative estimate of drug-likeness (QED) is 0.873. The van der Waals surface area contributed by atoms with Crippen LogP contribution in [0.25, 0.3) is 0 Å². The largest absolute Gasteiger partial charge is 0.488 e. The van der Waals surface area contributed by atoms with Crippen LogP contribution in [0.2, 0.25) is 0 Å². The number of rotatable bonds is 6. The molecule has 1 amide bonds. The van der Waals surface area contributed by atoms with E-state index in [0.29, 0.717) is 18.1 Å². The number of piperidine rings is 1. The molecule has 5 heteroatoms. The van der Waals surface area contributed by atoms with Gasteiger partial charge in [0.25, 0.3) is 5.91 Å². The van der Waals surface area contributed by atoms with E-state index in [-0.39, 0.29) is 5.91 Å². The lowest BCUT2D eigenvalue weighted by molar-refractivity contribution is 0.0674. The second-order valence-electron chi connectivity index (χ2n) is 6.21. The fourth-order valence-electron chi connectivity index (χ4n) is 3.16. The lowest BCUT2D eigenvalue weighted by Gasteiger charge is -2.32. The normalized spacial score (nSPS) is 17.7. The zero-order valence-electron chi connectivity index (χ0n) is 14.0. The number of benzene rings is 1. The number of thiophene rings is 1. The summed E-state index contributed by atoms with van der Waals surface area (Å²) in [6.45, 7) is 3.19. The molecule has 1 atom stereocenters. The molecule has 0 bridgehead atoms. The van der Waals surface area contributed by atoms with Crippen molar-refractivity contribution in [1.82, 2.24) is 10.2 Å². The first kappa shape index (κ1) is 17.0. The van der Waals surface area contributed by atoms with E-state index in [1.54, 1.807) is 11.3 Å². The highest BCUT2D eigenvalue weighted by Gasteiger charge is 2.24. The van der Waals surface area contributed by atoms with Gasteiger partial charge in [0.15, 0.2) is 0 Å². The Kier molecular flexibility index (Phi) is 5.88. The summed E-state index contributed by atoms with van der Waals surface area (Å²) in [4.78, 5) is 15.9. The lowest BCUT2D eigenvalue weighted by Crippen LogP contribution is -2.42. The zero-order chi connectivity index (χ0) is 16.8. The Bertz CT molecular complexity index is 655. The van der Waals surface area contributed by atoms with Crippen molar-refractivity contribution in [3.05, 3.63) is 52.2 Å². The molecule has 1 aromatic heterocycles. The van der Waals surface area contributed by atoms with E-state index in [2.05, 4.69) is 11.4 Å². The minimum Gasteiger partial charge on any atom is -0.488 e. The van der Waals surface area contributed by atoms with Crippen LogP contribution in [-0.4, -0.2) is 37.5 Å². The Morgan fingerprint density at radius 1 is 1.38 bits per heavy atom. The fraction of sp³-hybridized carbons (Fsp3) is 0.421. The Balaban J connectivity index is 1.63. The molecular formula is C19H24N2O2S. The second-order valence-corrected chi connectivity index (χ2v) is 7.25. The van der Waals surface area contributed by atoms with E-state index >= 15 is 0 Å². The van der Waals surface area contributed by atoms with Crippen LogP contribution in [0, 0.1) is 5.92 Å². The molecule has 0 spiro atoms. The van der Waals surface area contributed by atoms with Crippen LogP contribution in [0.5, 0.6) is 5.75 Å². The summed E-state index contributed by atoms with van der Waals surface area (Å²) in [7, 11) is 1.97. The predicted molar refractivity (Wildman–Crippen MR) is 97.6 cm³/mol. The van der Waals surface area contributed by atoms with Crippen LogP contribution in [0.15, 0.2) is 41.8 Å². The van der Waals surface area contributed by atoms with Gasteiger partial charge in [0.1, 0.15) is 12.4 Å². The molecule has 4 nitrogen and oxygen atoms in total. The van der Waals surface area contributed by atoms with Crippen molar-refractivity contribution in [3.8, 4) is 5.75 Å². The Morgan fingerprint density at radius 3 is 3.08 bits per heavy atom. The van der Waals surface area contributed by atoms with Gasteiger partial charge in [-0.2, -0.15) is 0 Å². The number of hydrogen-bond acceptors (Lipinski definition) is 4. The smallest absolute Gasteiger partial charge is 0.253 e. The highest BCUT2D eigenvalue weighted by molar-refractivity contribution is 7.09. The fourth-order valence-corrected chi connectivity index (χ4v) is 3.77. The number of likely N-dealkylation sites (tertiary alicyclic amines) is 1. The first-order valence-electron chi connectivity index (χ1n) is 8.45. The molecule has 0 radical (unpaired) electrons. The molecule has 0 aliphatic carbocycles. The van der Waals surface area contributed by atoms with Crippen LogP contribution in [-0.2, 0) is 6.61 Å². The van der Waals surface area contributed by atoms with E-state index in [4.69, 9.17) is 4.74 Å². The van der Waals surface area contributed by atoms with Gasteiger partial charge in [-0.15, -0.1) is 11.3 Å². The molecule has 1 saturated heterocycles. The van der Waals surface area contributed by atoms with Crippen molar-refractivity contribution >= 4 is 17.2 Å². The monoisotopic (exact) mass is 344 g/mol. The number of nitrogens with zero attached hydrogens (tertiary/aromatic N) is 1. The van der Waals surface area contributed by atoms with Crippen LogP contribution in [0.3, 0.4) is 0 Å². The Labute approximate surface area is 147 Å². The van der Waals surface area contributed by atoms with Gasteiger partial charge in [0.2, 0.25) is 0 Å². The number of carbonyl (C=O) groups excluding carboxylic acids is 1. The molecule has 2 aromatic rings. The topological polar surface area (TPSA) is 41.6 Å². The third-order valence-electron chi connectivity index (χ3n) is 4.34. The first-order chi connectivity index (χ1) is 11.8. The molecule has 0 saturated carbocycles. The van der Waals surface area contributed by atoms with Gasteiger partial charge in [-0.25, -0.2) is 0 Å². The molecular weight excluding hydrogens is 320 g/mol. The number of ether oxygens (including phenoxy) is 1. The molecule has 1 fully saturated rings. The summed E-state index contributed by atoms with van der Waals surface area (Å²) < 4.78 is 5.82. The van der Waals surface area contributed by atoms with Gasteiger partial charge in [-0.3, -0.25) is 4.79 Å². The van der Waals surface area contributed by atoms with Gasteiger partial charge in [0.05, 0.1) is 0 Å². The molecule has 1 unspecified atom stereocenters. The summed E-state index contributed by atoms with van der Waals surface area (Å²) >= 11 is 1.67. The van der Waals surface area contributed by atoms with Gasteiger partial charge in [-0.05, 0) is 62.0 Å². The highest BCUT2D eigenvalue weighted by atomic mass is 32.1. The van der Waals surface area contributed by atoms with Crippen molar-refractivity contribution in [1.29, 1.82) is 0 Å². The first-order valence-corrected chi connectivity index (χ1v) is 9.33. The summed E-state index contributed by atoms with van der Waals surface area (Å²) in [5, 5.41) is 5.26. The van der Waals surface area contributed by atoms with Crippen LogP contribution in [0.4, 0.5) is 0 Å². The zero-order valence-corrected chi connectivity index (χ0v) is 14.8. The van der Waals surface area contributed by atoms with E-state index < -0.39 is 0 Å². The molecule has 1 N–H and O–H groups in total. The van der Waals surface area contributed by atoms with Gasteiger partial charge in [0, 0.05) is 23.5 Å². The summed E-state index contributed by atoms with van der Waals surface area (Å²) in [6, 6.07) is 11.6. The maximum absolute atomic E-state index is 12.8. The molecule has 2 heterocycles. The van der Waals surface area contributed by atoms with Crippen molar-refractivity contribution in [2.24, 2.45) is 5.92 Å². The average Bonchev–Trinajstić information content (AvgIpc) is 3.14. The Morgan fingerprint density at radius 2 is 2.29 bits per heavy atom. The number of amides is 1. The van der Waals surface area contributed by atoms with E-state index in [0.717, 1.165) is 31.8 Å². The highest BCUT2D eigenvalue weighted by Crippen LogP contribution is 2.21. The van der Waals surface area contributed by atoms with E-state index in [9.17, 15) is 4.79 Å². The van der Waals surface area contributed by atoms with Gasteiger partial charge >= 0.3 is 0 Å². The molecule has 24 heavy (non-hydrogen) atoms. The summed E-state index contributed by atoms with van der Waals surface area (Å²) in [5.74, 6) is 1.40. The van der Waals surface area contributed by atoms with E-state index in [1.165, 1.54) is 11.3 Å². The molecule has 1 aliphatic heterocycles. The molecule has 1 aliphatic rings. The third-order valence-corrected chi connectivity index (χ3v) is 5.19. The minimum atomic E-state index is 0.109. The van der Waals surface area contributed by atoms with Crippen LogP contribution in [0.1, 0.15) is 28.1 Å². The lowest BCUT2D eigenvalue weighted by atomic mass is 9.97. The van der Waals surface area contributed by atoms with Crippen molar-refractivity contribution in [2.45, 2.75) is 19.4 Å². The molecule has 128 valence electrons. The number of carbonyl (C=O) groups is 1. The van der Waals surface area contributed by atoms with Crippen molar-refractivity contribution in [2.75, 3.05) is 26.7 Å². The molecule has 3 rings (SSSR count). The van der Waals surface area contributed by atoms with Crippen molar-refractivity contribution < 1.29 is 9.53 Å². The van der Waals surface area contributed by atoms with Crippen LogP contribution >= 0.6 is 11.3 Å². The summed E-state index contributed by atoms with van der Waals surface area (Å²) in [6.07, 6.45) is 2.27. The number of hydrogen-bond donors (Lipinski definition) is 1. The Hall–Kier alpha value is -1.85.